The van der Waals surface area contributed by atoms with Crippen molar-refractivity contribution in [1.29, 1.82) is 0 Å². The van der Waals surface area contributed by atoms with Gasteiger partial charge in [0.2, 0.25) is 0 Å². The number of nitrogens with zero attached hydrogens (tertiary/aromatic N) is 2. The van der Waals surface area contributed by atoms with E-state index in [0.717, 1.165) is 42.2 Å². The molecule has 1 aliphatic rings. The number of ether oxygens (including phenoxy) is 1. The predicted molar refractivity (Wildman–Crippen MR) is 176 cm³/mol. The molecule has 1 aliphatic heterocycles. The smallest absolute Gasteiger partial charge is 0.251 e. The number of H-pyrrole nitrogens is 1. The predicted octanol–water partition coefficient (Wildman–Crippen LogP) is 7.67. The van der Waals surface area contributed by atoms with Gasteiger partial charge in [-0.25, -0.2) is 9.38 Å². The zero-order valence-corrected chi connectivity index (χ0v) is 25.5. The van der Waals surface area contributed by atoms with E-state index >= 15 is 0 Å². The molecule has 1 fully saturated rings. The van der Waals surface area contributed by atoms with Gasteiger partial charge in [-0.3, -0.25) is 9.69 Å². The molecule has 1 atom stereocenters. The summed E-state index contributed by atoms with van der Waals surface area (Å²) < 4.78 is 19.2. The number of fused-ring (bicyclic) bond motifs is 1. The van der Waals surface area contributed by atoms with E-state index in [9.17, 15) is 14.3 Å². The average molecular weight is 605 g/mol. The molecule has 0 saturated carbocycles. The molecule has 1 saturated heterocycles. The second-order valence-electron chi connectivity index (χ2n) is 11.6. The van der Waals surface area contributed by atoms with Gasteiger partial charge in [0, 0.05) is 28.6 Å². The summed E-state index contributed by atoms with van der Waals surface area (Å²) >= 11 is 0. The topological polar surface area (TPSA) is 89.9 Å². The quantitative estimate of drug-likeness (QED) is 0.151. The summed E-state index contributed by atoms with van der Waals surface area (Å²) in [4.78, 5) is 23.9. The molecule has 45 heavy (non-hydrogen) atoms. The van der Waals surface area contributed by atoms with E-state index in [2.05, 4.69) is 27.3 Å². The molecule has 2 heterocycles. The number of rotatable bonds is 9. The maximum absolute atomic E-state index is 14.0. The van der Waals surface area contributed by atoms with Crippen LogP contribution in [0.1, 0.15) is 64.8 Å². The van der Waals surface area contributed by atoms with E-state index in [1.54, 1.807) is 37.4 Å². The summed E-state index contributed by atoms with van der Waals surface area (Å²) in [6.07, 6.45) is 3.71. The lowest BCUT2D eigenvalue weighted by Crippen LogP contribution is -2.28. The Kier molecular flexibility index (Phi) is 8.93. The number of hydrogen-bond donors (Lipinski definition) is 3. The minimum Gasteiger partial charge on any atom is -0.497 e. The fourth-order valence-electron chi connectivity index (χ4n) is 5.92. The SMILES string of the molecule is COc1ccc([C@@H](C)NC(=O)c2ccc3[nH]c(O)c(C(=Nc4cccc(CN5CCCCC5)c4)c4ccc(F)cc4)c3c2)cc1. The van der Waals surface area contributed by atoms with Crippen molar-refractivity contribution in [2.75, 3.05) is 20.2 Å². The van der Waals surface area contributed by atoms with Crippen molar-refractivity contribution in [3.63, 3.8) is 0 Å². The Morgan fingerprint density at radius 3 is 2.44 bits per heavy atom. The fraction of sp³-hybridized carbons (Fsp3) is 0.243. The number of halogens is 1. The first-order valence-electron chi connectivity index (χ1n) is 15.3. The van der Waals surface area contributed by atoms with Gasteiger partial charge < -0.3 is 20.1 Å². The molecule has 0 spiro atoms. The first-order valence-corrected chi connectivity index (χ1v) is 15.3. The largest absolute Gasteiger partial charge is 0.497 e. The van der Waals surface area contributed by atoms with E-state index in [0.29, 0.717) is 33.3 Å². The number of aromatic hydroxyl groups is 1. The van der Waals surface area contributed by atoms with E-state index < -0.39 is 0 Å². The fourth-order valence-corrected chi connectivity index (χ4v) is 5.92. The molecule has 1 aromatic heterocycles. The van der Waals surface area contributed by atoms with Gasteiger partial charge in [-0.15, -0.1) is 0 Å². The number of aromatic nitrogens is 1. The lowest BCUT2D eigenvalue weighted by Gasteiger charge is -2.26. The van der Waals surface area contributed by atoms with Crippen LogP contribution in [0, 0.1) is 5.82 Å². The van der Waals surface area contributed by atoms with Crippen molar-refractivity contribution < 1.29 is 19.0 Å². The van der Waals surface area contributed by atoms with Crippen molar-refractivity contribution >= 4 is 28.2 Å². The number of hydrogen-bond acceptors (Lipinski definition) is 5. The number of carbonyl (C=O) groups excluding carboxylic acids is 1. The molecule has 0 bridgehead atoms. The highest BCUT2D eigenvalue weighted by Crippen LogP contribution is 2.33. The van der Waals surface area contributed by atoms with Gasteiger partial charge in [0.05, 0.1) is 30.1 Å². The number of amides is 1. The van der Waals surface area contributed by atoms with Crippen LogP contribution in [0.25, 0.3) is 10.9 Å². The standard InChI is InChI=1S/C37H37FN4O3/c1-24(26-11-16-31(45-2)17-12-26)39-36(43)28-13-18-33-32(22-28)34(37(44)41-33)35(27-9-14-29(38)15-10-27)40-30-8-6-7-25(21-30)23-42-19-4-3-5-20-42/h6-18,21-22,24,41,44H,3-5,19-20,23H2,1-2H3,(H,39,43)/t24-/m1/s1. The van der Waals surface area contributed by atoms with Gasteiger partial charge in [-0.05, 0) is 111 Å². The summed E-state index contributed by atoms with van der Waals surface area (Å²) in [7, 11) is 1.61. The zero-order valence-electron chi connectivity index (χ0n) is 25.5. The molecule has 5 aromatic rings. The second-order valence-corrected chi connectivity index (χ2v) is 11.6. The molecule has 3 N–H and O–H groups in total. The van der Waals surface area contributed by atoms with Crippen LogP contribution in [0.5, 0.6) is 11.6 Å². The van der Waals surface area contributed by atoms with Crippen LogP contribution in [0.3, 0.4) is 0 Å². The number of methoxy groups -OCH3 is 1. The van der Waals surface area contributed by atoms with Crippen LogP contribution in [0.2, 0.25) is 0 Å². The number of aromatic amines is 1. The minimum atomic E-state index is -0.366. The van der Waals surface area contributed by atoms with Crippen LogP contribution in [0.15, 0.2) is 96.0 Å². The van der Waals surface area contributed by atoms with Crippen LogP contribution in [0.4, 0.5) is 10.1 Å². The highest BCUT2D eigenvalue weighted by molar-refractivity contribution is 6.22. The van der Waals surface area contributed by atoms with Crippen LogP contribution in [-0.4, -0.2) is 46.8 Å². The van der Waals surface area contributed by atoms with E-state index in [1.165, 1.54) is 31.4 Å². The Morgan fingerprint density at radius 2 is 1.71 bits per heavy atom. The average Bonchev–Trinajstić information content (AvgIpc) is 3.39. The van der Waals surface area contributed by atoms with Crippen LogP contribution < -0.4 is 10.1 Å². The number of likely N-dealkylation sites (tertiary alicyclic amines) is 1. The Hall–Kier alpha value is -4.95. The van der Waals surface area contributed by atoms with Gasteiger partial charge >= 0.3 is 0 Å². The van der Waals surface area contributed by atoms with Crippen LogP contribution in [-0.2, 0) is 6.54 Å². The molecule has 0 aliphatic carbocycles. The van der Waals surface area contributed by atoms with Crippen LogP contribution >= 0.6 is 0 Å². The molecule has 4 aromatic carbocycles. The Morgan fingerprint density at radius 1 is 0.978 bits per heavy atom. The second kappa shape index (κ2) is 13.4. The van der Waals surface area contributed by atoms with E-state index in [4.69, 9.17) is 9.73 Å². The number of piperidine rings is 1. The normalized spacial score (nSPS) is 14.8. The molecule has 6 rings (SSSR count). The lowest BCUT2D eigenvalue weighted by atomic mass is 9.99. The Bertz CT molecular complexity index is 1820. The third kappa shape index (κ3) is 6.91. The van der Waals surface area contributed by atoms with Gasteiger partial charge in [0.15, 0.2) is 5.88 Å². The number of benzene rings is 4. The lowest BCUT2D eigenvalue weighted by molar-refractivity contribution is 0.0940. The van der Waals surface area contributed by atoms with Crippen molar-refractivity contribution in [2.45, 2.75) is 38.8 Å². The molecule has 7 nitrogen and oxygen atoms in total. The third-order valence-electron chi connectivity index (χ3n) is 8.37. The zero-order chi connectivity index (χ0) is 31.3. The first kappa shape index (κ1) is 30.1. The number of carbonyl (C=O) groups is 1. The molecular formula is C37H37FN4O3. The Balaban J connectivity index is 1.36. The van der Waals surface area contributed by atoms with Gasteiger partial charge in [-0.2, -0.15) is 0 Å². The number of aliphatic imine (C=N–C) groups is 1. The van der Waals surface area contributed by atoms with Gasteiger partial charge in [0.1, 0.15) is 11.6 Å². The monoisotopic (exact) mass is 604 g/mol. The molecular weight excluding hydrogens is 567 g/mol. The summed E-state index contributed by atoms with van der Waals surface area (Å²) in [6.45, 7) is 4.95. The maximum Gasteiger partial charge on any atom is 0.251 e. The van der Waals surface area contributed by atoms with Crippen molar-refractivity contribution in [3.05, 3.63) is 125 Å². The first-order chi connectivity index (χ1) is 21.9. The van der Waals surface area contributed by atoms with E-state index in [-0.39, 0.29) is 23.6 Å². The molecule has 0 radical (unpaired) electrons. The summed E-state index contributed by atoms with van der Waals surface area (Å²) in [5.74, 6) is 0.0452. The maximum atomic E-state index is 14.0. The number of nitrogens with one attached hydrogen (secondary N) is 2. The van der Waals surface area contributed by atoms with Crippen molar-refractivity contribution in [3.8, 4) is 11.6 Å². The van der Waals surface area contributed by atoms with Gasteiger partial charge in [-0.1, -0.05) is 30.7 Å². The molecule has 1 amide bonds. The molecule has 0 unspecified atom stereocenters. The summed E-state index contributed by atoms with van der Waals surface area (Å²) in [5, 5.41) is 14.9. The third-order valence-corrected chi connectivity index (χ3v) is 8.37. The molecule has 8 heteroatoms. The summed E-state index contributed by atoms with van der Waals surface area (Å²) in [5.41, 5.74) is 5.45. The highest BCUT2D eigenvalue weighted by atomic mass is 19.1. The molecule has 230 valence electrons. The van der Waals surface area contributed by atoms with Crippen molar-refractivity contribution in [1.82, 2.24) is 15.2 Å². The highest BCUT2D eigenvalue weighted by Gasteiger charge is 2.21. The van der Waals surface area contributed by atoms with Gasteiger partial charge in [0.25, 0.3) is 5.91 Å². The minimum absolute atomic E-state index is 0.0818. The summed E-state index contributed by atoms with van der Waals surface area (Å²) in [6, 6.07) is 26.7. The van der Waals surface area contributed by atoms with E-state index in [1.807, 2.05) is 43.3 Å². The van der Waals surface area contributed by atoms with Crippen molar-refractivity contribution in [2.24, 2.45) is 4.99 Å². The Labute approximate surface area is 262 Å².